The first-order chi connectivity index (χ1) is 6.25. The van der Waals surface area contributed by atoms with E-state index in [9.17, 15) is 4.79 Å². The lowest BCUT2D eigenvalue weighted by Gasteiger charge is -1.91. The Kier molecular flexibility index (Phi) is 2.02. The van der Waals surface area contributed by atoms with Gasteiger partial charge < -0.3 is 5.32 Å². The number of fused-ring (bicyclic) bond motifs is 1. The summed E-state index contributed by atoms with van der Waals surface area (Å²) in [5.41, 5.74) is 0.872. The van der Waals surface area contributed by atoms with Crippen LogP contribution >= 0.6 is 11.3 Å². The number of aromatic nitrogens is 1. The molecule has 2 aromatic rings. The van der Waals surface area contributed by atoms with Gasteiger partial charge in [0.05, 0.1) is 10.2 Å². The summed E-state index contributed by atoms with van der Waals surface area (Å²) in [6.45, 7) is 0. The van der Waals surface area contributed by atoms with Crippen LogP contribution in [0.15, 0.2) is 24.3 Å². The normalized spacial score (nSPS) is 10.2. The number of rotatable bonds is 1. The largest absolute Gasteiger partial charge is 0.312 e. The minimum atomic E-state index is -0.584. The first-order valence-corrected chi connectivity index (χ1v) is 4.49. The summed E-state index contributed by atoms with van der Waals surface area (Å²) in [7, 11) is 4.96. The Labute approximate surface area is 80.2 Å². The third-order valence-corrected chi connectivity index (χ3v) is 2.48. The van der Waals surface area contributed by atoms with E-state index in [1.165, 1.54) is 11.3 Å². The third kappa shape index (κ3) is 1.70. The van der Waals surface area contributed by atoms with Crippen molar-refractivity contribution < 1.29 is 4.79 Å². The minimum absolute atomic E-state index is 0.536. The summed E-state index contributed by atoms with van der Waals surface area (Å²) in [6.07, 6.45) is 0. The molecule has 0 bridgehead atoms. The second-order valence-electron chi connectivity index (χ2n) is 2.48. The zero-order valence-electron chi connectivity index (χ0n) is 6.65. The molecule has 1 N–H and O–H groups in total. The number of para-hydroxylation sites is 1. The van der Waals surface area contributed by atoms with Crippen LogP contribution in [0.5, 0.6) is 0 Å². The predicted octanol–water partition coefficient (Wildman–Crippen LogP) is 2.00. The molecule has 3 nitrogen and oxygen atoms in total. The lowest BCUT2D eigenvalue weighted by Crippen LogP contribution is -2.07. The van der Waals surface area contributed by atoms with Gasteiger partial charge in [0.25, 0.3) is 0 Å². The Balaban J connectivity index is 2.44. The van der Waals surface area contributed by atoms with Gasteiger partial charge in [-0.25, -0.2) is 4.98 Å². The van der Waals surface area contributed by atoms with Crippen molar-refractivity contribution >= 4 is 40.3 Å². The molecule has 2 rings (SSSR count). The van der Waals surface area contributed by atoms with Crippen molar-refractivity contribution in [2.75, 3.05) is 5.32 Å². The molecule has 62 valence electrons. The van der Waals surface area contributed by atoms with Crippen LogP contribution in [0.4, 0.5) is 9.93 Å². The molecule has 0 aliphatic rings. The molecule has 0 aliphatic carbocycles. The Hall–Kier alpha value is -1.36. The van der Waals surface area contributed by atoms with Crippen LogP contribution in [-0.2, 0) is 0 Å². The molecule has 2 radical (unpaired) electrons. The third-order valence-electron chi connectivity index (χ3n) is 1.52. The van der Waals surface area contributed by atoms with E-state index in [1.54, 1.807) is 0 Å². The molecular formula is C8H5BN2OS. The maximum absolute atomic E-state index is 10.5. The molecule has 0 fully saturated rings. The number of benzene rings is 1. The number of carbonyl (C=O) groups is 1. The van der Waals surface area contributed by atoms with Gasteiger partial charge in [-0.1, -0.05) is 23.5 Å². The number of nitrogens with one attached hydrogen (secondary N) is 1. The Morgan fingerprint density at radius 3 is 2.92 bits per heavy atom. The van der Waals surface area contributed by atoms with Gasteiger partial charge in [0.15, 0.2) is 10.9 Å². The van der Waals surface area contributed by atoms with E-state index in [-0.39, 0.29) is 0 Å². The highest BCUT2D eigenvalue weighted by molar-refractivity contribution is 7.22. The Morgan fingerprint density at radius 2 is 2.23 bits per heavy atom. The van der Waals surface area contributed by atoms with Gasteiger partial charge in [-0.05, 0) is 12.1 Å². The van der Waals surface area contributed by atoms with Crippen LogP contribution in [-0.4, -0.2) is 18.6 Å². The number of thiazole rings is 1. The van der Waals surface area contributed by atoms with Crippen LogP contribution in [0.2, 0.25) is 0 Å². The second kappa shape index (κ2) is 3.18. The number of carbonyl (C=O) groups excluding carboxylic acids is 1. The summed E-state index contributed by atoms with van der Waals surface area (Å²) in [6, 6.07) is 7.65. The van der Waals surface area contributed by atoms with E-state index in [4.69, 9.17) is 7.85 Å². The van der Waals surface area contributed by atoms with Crippen LogP contribution in [0.3, 0.4) is 0 Å². The molecule has 13 heavy (non-hydrogen) atoms. The molecule has 5 heteroatoms. The van der Waals surface area contributed by atoms with Crippen molar-refractivity contribution in [2.24, 2.45) is 0 Å². The highest BCUT2D eigenvalue weighted by atomic mass is 32.1. The monoisotopic (exact) mass is 188 g/mol. The molecule has 1 heterocycles. The fraction of sp³-hybridized carbons (Fsp3) is 0. The molecule has 1 aromatic carbocycles. The summed E-state index contributed by atoms with van der Waals surface area (Å²) in [5, 5.41) is 2.98. The molecule has 1 aromatic heterocycles. The molecule has 0 saturated heterocycles. The maximum Gasteiger partial charge on any atom is 0.201 e. The Morgan fingerprint density at radius 1 is 1.46 bits per heavy atom. The van der Waals surface area contributed by atoms with E-state index in [0.29, 0.717) is 5.13 Å². The standard InChI is InChI=1S/C8H5BN2OS/c9-7(12)11-8-10-5-3-1-2-4-6(5)13-8/h1-4H,(H,10,11,12). The van der Waals surface area contributed by atoms with E-state index in [2.05, 4.69) is 10.3 Å². The fourth-order valence-corrected chi connectivity index (χ4v) is 1.90. The number of anilines is 1. The van der Waals surface area contributed by atoms with Crippen LogP contribution in [0, 0.1) is 0 Å². The summed E-state index contributed by atoms with van der Waals surface area (Å²) in [4.78, 5) is 14.7. The van der Waals surface area contributed by atoms with Gasteiger partial charge in [-0.3, -0.25) is 4.79 Å². The van der Waals surface area contributed by atoms with Gasteiger partial charge in [-0.15, -0.1) is 0 Å². The van der Waals surface area contributed by atoms with Gasteiger partial charge in [0.1, 0.15) is 0 Å². The topological polar surface area (TPSA) is 42.0 Å². The highest BCUT2D eigenvalue weighted by Crippen LogP contribution is 2.24. The van der Waals surface area contributed by atoms with Crippen molar-refractivity contribution in [1.82, 2.24) is 4.98 Å². The Bertz CT molecular complexity index is 421. The average molecular weight is 188 g/mol. The summed E-state index contributed by atoms with van der Waals surface area (Å²) in [5.74, 6) is -0.584. The second-order valence-corrected chi connectivity index (χ2v) is 3.51. The van der Waals surface area contributed by atoms with Crippen molar-refractivity contribution in [2.45, 2.75) is 0 Å². The molecule has 0 saturated carbocycles. The summed E-state index contributed by atoms with van der Waals surface area (Å²) < 4.78 is 1.03. The fourth-order valence-electron chi connectivity index (χ4n) is 1.03. The zero-order chi connectivity index (χ0) is 9.26. The summed E-state index contributed by atoms with van der Waals surface area (Å²) >= 11 is 1.40. The average Bonchev–Trinajstić information content (AvgIpc) is 2.44. The van der Waals surface area contributed by atoms with E-state index in [0.717, 1.165) is 10.2 Å². The number of nitrogens with zero attached hydrogens (tertiary/aromatic N) is 1. The lowest BCUT2D eigenvalue weighted by atomic mass is 10.1. The van der Waals surface area contributed by atoms with E-state index < -0.39 is 5.81 Å². The van der Waals surface area contributed by atoms with Crippen LogP contribution in [0.1, 0.15) is 0 Å². The van der Waals surface area contributed by atoms with Gasteiger partial charge >= 0.3 is 0 Å². The van der Waals surface area contributed by atoms with Crippen molar-refractivity contribution in [3.63, 3.8) is 0 Å². The maximum atomic E-state index is 10.5. The van der Waals surface area contributed by atoms with Crippen LogP contribution in [0.25, 0.3) is 10.2 Å². The highest BCUT2D eigenvalue weighted by Gasteiger charge is 2.02. The predicted molar refractivity (Wildman–Crippen MR) is 54.4 cm³/mol. The smallest absolute Gasteiger partial charge is 0.201 e. The SMILES string of the molecule is [B]C(=O)Nc1nc2ccccc2s1. The van der Waals surface area contributed by atoms with Crippen molar-refractivity contribution in [3.05, 3.63) is 24.3 Å². The number of hydrogen-bond acceptors (Lipinski definition) is 3. The first kappa shape index (κ1) is 8.25. The van der Waals surface area contributed by atoms with Gasteiger partial charge in [0.2, 0.25) is 7.85 Å². The van der Waals surface area contributed by atoms with Gasteiger partial charge in [0, 0.05) is 0 Å². The lowest BCUT2D eigenvalue weighted by molar-refractivity contribution is 0.269. The molecule has 0 atom stereocenters. The molecule has 0 spiro atoms. The quantitative estimate of drug-likeness (QED) is 0.695. The number of hydrogen-bond donors (Lipinski definition) is 1. The molecule has 0 unspecified atom stereocenters. The van der Waals surface area contributed by atoms with Crippen molar-refractivity contribution in [3.8, 4) is 0 Å². The van der Waals surface area contributed by atoms with Crippen molar-refractivity contribution in [1.29, 1.82) is 0 Å². The molecule has 1 amide bonds. The van der Waals surface area contributed by atoms with E-state index >= 15 is 0 Å². The molecular weight excluding hydrogens is 183 g/mol. The zero-order valence-corrected chi connectivity index (χ0v) is 7.47. The first-order valence-electron chi connectivity index (χ1n) is 3.68. The number of amides is 1. The molecule has 0 aliphatic heterocycles. The minimum Gasteiger partial charge on any atom is -0.312 e. The van der Waals surface area contributed by atoms with E-state index in [1.807, 2.05) is 24.3 Å². The van der Waals surface area contributed by atoms with Crippen LogP contribution < -0.4 is 5.32 Å². The van der Waals surface area contributed by atoms with Gasteiger partial charge in [-0.2, -0.15) is 0 Å².